The zero-order chi connectivity index (χ0) is 18.8. The first-order valence-electron chi connectivity index (χ1n) is 9.81. The fraction of sp³-hybridized carbons (Fsp3) is 0.550. The third-order valence-electron chi connectivity index (χ3n) is 5.70. The summed E-state index contributed by atoms with van der Waals surface area (Å²) in [6, 6.07) is 7.43. The van der Waals surface area contributed by atoms with Crippen LogP contribution in [0.1, 0.15) is 37.5 Å². The lowest BCUT2D eigenvalue weighted by molar-refractivity contribution is -0.127. The van der Waals surface area contributed by atoms with E-state index in [2.05, 4.69) is 4.90 Å². The summed E-state index contributed by atoms with van der Waals surface area (Å²) in [5.41, 5.74) is 0.611. The Morgan fingerprint density at radius 3 is 2.70 bits per heavy atom. The molecule has 7 nitrogen and oxygen atoms in total. The van der Waals surface area contributed by atoms with E-state index in [1.807, 2.05) is 23.1 Å². The van der Waals surface area contributed by atoms with E-state index in [9.17, 15) is 14.7 Å². The summed E-state index contributed by atoms with van der Waals surface area (Å²) in [5, 5.41) is 10.1. The van der Waals surface area contributed by atoms with Gasteiger partial charge in [0.25, 0.3) is 5.56 Å². The molecule has 1 N–H and O–H groups in total. The van der Waals surface area contributed by atoms with E-state index in [4.69, 9.17) is 4.98 Å². The van der Waals surface area contributed by atoms with Gasteiger partial charge < -0.3 is 10.0 Å². The lowest BCUT2D eigenvalue weighted by Gasteiger charge is -2.28. The molecule has 0 bridgehead atoms. The second kappa shape index (κ2) is 7.78. The Kier molecular flexibility index (Phi) is 5.22. The van der Waals surface area contributed by atoms with E-state index >= 15 is 0 Å². The number of aromatic nitrogens is 2. The molecule has 144 valence electrons. The lowest BCUT2D eigenvalue weighted by atomic mass is 10.1. The predicted molar refractivity (Wildman–Crippen MR) is 102 cm³/mol. The van der Waals surface area contributed by atoms with Crippen molar-refractivity contribution in [3.8, 4) is 0 Å². The van der Waals surface area contributed by atoms with Crippen LogP contribution in [0.5, 0.6) is 0 Å². The van der Waals surface area contributed by atoms with Gasteiger partial charge in [-0.2, -0.15) is 0 Å². The van der Waals surface area contributed by atoms with Gasteiger partial charge in [-0.1, -0.05) is 12.1 Å². The van der Waals surface area contributed by atoms with Gasteiger partial charge in [-0.3, -0.25) is 19.1 Å². The quantitative estimate of drug-likeness (QED) is 0.825. The number of benzene rings is 1. The van der Waals surface area contributed by atoms with E-state index in [0.717, 1.165) is 51.3 Å². The summed E-state index contributed by atoms with van der Waals surface area (Å²) in [4.78, 5) is 33.9. The Morgan fingerprint density at radius 1 is 1.07 bits per heavy atom. The molecular weight excluding hydrogens is 344 g/mol. The monoisotopic (exact) mass is 370 g/mol. The van der Waals surface area contributed by atoms with E-state index in [-0.39, 0.29) is 30.7 Å². The van der Waals surface area contributed by atoms with E-state index < -0.39 is 0 Å². The molecule has 7 heteroatoms. The average molecular weight is 370 g/mol. The SMILES string of the molecule is O=C1CCCN1CCN1CCCC1c1nc2ccccc2c(=O)n1CCO. The Labute approximate surface area is 158 Å². The van der Waals surface area contributed by atoms with Crippen LogP contribution in [0.2, 0.25) is 0 Å². The molecule has 0 spiro atoms. The molecule has 1 aromatic carbocycles. The maximum Gasteiger partial charge on any atom is 0.261 e. The highest BCUT2D eigenvalue weighted by molar-refractivity contribution is 5.78. The van der Waals surface area contributed by atoms with Gasteiger partial charge in [-0.25, -0.2) is 4.98 Å². The number of nitrogens with zero attached hydrogens (tertiary/aromatic N) is 4. The maximum atomic E-state index is 13.0. The molecule has 0 radical (unpaired) electrons. The topological polar surface area (TPSA) is 78.7 Å². The zero-order valence-electron chi connectivity index (χ0n) is 15.5. The van der Waals surface area contributed by atoms with Crippen LogP contribution >= 0.6 is 0 Å². The van der Waals surface area contributed by atoms with E-state index in [1.54, 1.807) is 10.6 Å². The van der Waals surface area contributed by atoms with Gasteiger partial charge in [-0.15, -0.1) is 0 Å². The first-order chi connectivity index (χ1) is 13.2. The highest BCUT2D eigenvalue weighted by Gasteiger charge is 2.31. The van der Waals surface area contributed by atoms with Crippen LogP contribution < -0.4 is 5.56 Å². The predicted octanol–water partition coefficient (Wildman–Crippen LogP) is 1.15. The first-order valence-corrected chi connectivity index (χ1v) is 9.81. The molecule has 0 aliphatic carbocycles. The number of hydrogen-bond donors (Lipinski definition) is 1. The lowest BCUT2D eigenvalue weighted by Crippen LogP contribution is -2.38. The number of amides is 1. The van der Waals surface area contributed by atoms with Crippen LogP contribution in [-0.2, 0) is 11.3 Å². The standard InChI is InChI=1S/C20H26N4O3/c25-14-13-24-19(21-16-6-2-1-5-15(16)20(24)27)17-7-3-9-22(17)11-12-23-10-4-8-18(23)26/h1-2,5-6,17,25H,3-4,7-14H2. The first kappa shape index (κ1) is 18.1. The number of likely N-dealkylation sites (tertiary alicyclic amines) is 2. The number of para-hydroxylation sites is 1. The number of hydrogen-bond acceptors (Lipinski definition) is 5. The van der Waals surface area contributed by atoms with Crippen LogP contribution in [-0.4, -0.2) is 63.2 Å². The molecule has 2 saturated heterocycles. The van der Waals surface area contributed by atoms with Gasteiger partial charge in [0, 0.05) is 26.1 Å². The van der Waals surface area contributed by atoms with Crippen molar-refractivity contribution in [2.45, 2.75) is 38.3 Å². The van der Waals surface area contributed by atoms with Gasteiger partial charge in [0.2, 0.25) is 5.91 Å². The summed E-state index contributed by atoms with van der Waals surface area (Å²) in [7, 11) is 0. The Hall–Kier alpha value is -2.25. The van der Waals surface area contributed by atoms with Crippen LogP contribution in [0.25, 0.3) is 10.9 Å². The van der Waals surface area contributed by atoms with Crippen LogP contribution in [0.3, 0.4) is 0 Å². The van der Waals surface area contributed by atoms with Crippen LogP contribution in [0.4, 0.5) is 0 Å². The van der Waals surface area contributed by atoms with Crippen molar-refractivity contribution >= 4 is 16.8 Å². The van der Waals surface area contributed by atoms with Crippen molar-refractivity contribution in [1.82, 2.24) is 19.4 Å². The molecule has 2 aliphatic heterocycles. The van der Waals surface area contributed by atoms with Crippen molar-refractivity contribution in [3.63, 3.8) is 0 Å². The number of aliphatic hydroxyl groups excluding tert-OH is 1. The van der Waals surface area contributed by atoms with Gasteiger partial charge >= 0.3 is 0 Å². The molecule has 2 aliphatic rings. The third-order valence-corrected chi connectivity index (χ3v) is 5.70. The molecule has 1 unspecified atom stereocenters. The second-order valence-corrected chi connectivity index (χ2v) is 7.35. The minimum atomic E-state index is -0.0953. The minimum Gasteiger partial charge on any atom is -0.395 e. The van der Waals surface area contributed by atoms with E-state index in [1.165, 1.54) is 0 Å². The molecule has 2 aromatic rings. The van der Waals surface area contributed by atoms with Crippen molar-refractivity contribution < 1.29 is 9.90 Å². The fourth-order valence-electron chi connectivity index (χ4n) is 4.33. The molecule has 3 heterocycles. The number of aliphatic hydroxyl groups is 1. The molecule has 4 rings (SSSR count). The number of carbonyl (C=O) groups is 1. The Bertz CT molecular complexity index is 894. The van der Waals surface area contributed by atoms with Crippen molar-refractivity contribution in [2.75, 3.05) is 32.8 Å². The van der Waals surface area contributed by atoms with Crippen molar-refractivity contribution in [2.24, 2.45) is 0 Å². The van der Waals surface area contributed by atoms with Crippen LogP contribution in [0.15, 0.2) is 29.1 Å². The molecule has 1 amide bonds. The summed E-state index contributed by atoms with van der Waals surface area (Å²) < 4.78 is 1.63. The zero-order valence-corrected chi connectivity index (χ0v) is 15.5. The Balaban J connectivity index is 1.64. The third kappa shape index (κ3) is 3.49. The van der Waals surface area contributed by atoms with E-state index in [0.29, 0.717) is 17.3 Å². The van der Waals surface area contributed by atoms with Gasteiger partial charge in [0.1, 0.15) is 5.82 Å². The Morgan fingerprint density at radius 2 is 1.93 bits per heavy atom. The van der Waals surface area contributed by atoms with Crippen LogP contribution in [0, 0.1) is 0 Å². The number of carbonyl (C=O) groups excluding carboxylic acids is 1. The largest absolute Gasteiger partial charge is 0.395 e. The maximum absolute atomic E-state index is 13.0. The molecule has 1 aromatic heterocycles. The summed E-state index contributed by atoms with van der Waals surface area (Å²) in [5.74, 6) is 0.977. The van der Waals surface area contributed by atoms with Crippen molar-refractivity contribution in [1.29, 1.82) is 0 Å². The normalized spacial score (nSPS) is 20.9. The molecular formula is C20H26N4O3. The van der Waals surface area contributed by atoms with Gasteiger partial charge in [0.15, 0.2) is 0 Å². The second-order valence-electron chi connectivity index (χ2n) is 7.35. The highest BCUT2D eigenvalue weighted by atomic mass is 16.3. The summed E-state index contributed by atoms with van der Waals surface area (Å²) in [6.45, 7) is 3.46. The average Bonchev–Trinajstić information content (AvgIpc) is 3.31. The molecule has 0 saturated carbocycles. The van der Waals surface area contributed by atoms with Crippen molar-refractivity contribution in [3.05, 3.63) is 40.4 Å². The highest BCUT2D eigenvalue weighted by Crippen LogP contribution is 2.31. The smallest absolute Gasteiger partial charge is 0.261 e. The summed E-state index contributed by atoms with van der Waals surface area (Å²) >= 11 is 0. The summed E-state index contributed by atoms with van der Waals surface area (Å²) in [6.07, 6.45) is 3.58. The molecule has 2 fully saturated rings. The van der Waals surface area contributed by atoms with Gasteiger partial charge in [0.05, 0.1) is 30.1 Å². The fourth-order valence-corrected chi connectivity index (χ4v) is 4.33. The molecule has 1 atom stereocenters. The molecule has 27 heavy (non-hydrogen) atoms. The number of fused-ring (bicyclic) bond motifs is 1. The van der Waals surface area contributed by atoms with Gasteiger partial charge in [-0.05, 0) is 37.9 Å². The minimum absolute atomic E-state index is 0.0477. The number of rotatable bonds is 6.